The number of carboxylic acids is 1. The summed E-state index contributed by atoms with van der Waals surface area (Å²) in [6.07, 6.45) is 1.49. The number of aromatic nitrogens is 4. The molecular weight excluding hydrogens is 288 g/mol. The van der Waals surface area contributed by atoms with Gasteiger partial charge in [0.25, 0.3) is 0 Å². The van der Waals surface area contributed by atoms with E-state index in [1.165, 1.54) is 11.2 Å². The van der Waals surface area contributed by atoms with Crippen LogP contribution in [0.2, 0.25) is 0 Å². The lowest BCUT2D eigenvalue weighted by Crippen LogP contribution is -2.05. The predicted octanol–water partition coefficient (Wildman–Crippen LogP) is 2.81. The van der Waals surface area contributed by atoms with E-state index in [1.807, 2.05) is 13.8 Å². The maximum Gasteiger partial charge on any atom is 0.339 e. The minimum Gasteiger partial charge on any atom is -0.478 e. The Morgan fingerprint density at radius 3 is 2.57 bits per heavy atom. The molecule has 0 fully saturated rings. The first-order chi connectivity index (χ1) is 9.91. The molecule has 0 aliphatic heterocycles. The maximum absolute atomic E-state index is 11.3. The number of aryl methyl sites for hydroxylation is 3. The van der Waals surface area contributed by atoms with Gasteiger partial charge >= 0.3 is 5.97 Å². The number of aromatic carboxylic acids is 1. The molecular formula is C14H14N4O2S. The smallest absolute Gasteiger partial charge is 0.339 e. The standard InChI is InChI=1S/C14H14N4O2S/c1-6-9(4)21-13-10(6)12(15-5-16-13)18-8(3)11(14(19)20)7(2)17-18/h5H,1-4H3,(H,19,20). The molecule has 0 saturated heterocycles. The molecule has 1 N–H and O–H groups in total. The molecule has 6 nitrogen and oxygen atoms in total. The number of thiophene rings is 1. The van der Waals surface area contributed by atoms with E-state index in [2.05, 4.69) is 15.1 Å². The molecule has 7 heteroatoms. The van der Waals surface area contributed by atoms with Crippen LogP contribution < -0.4 is 0 Å². The molecule has 21 heavy (non-hydrogen) atoms. The van der Waals surface area contributed by atoms with Crippen molar-refractivity contribution in [3.63, 3.8) is 0 Å². The Kier molecular flexibility index (Phi) is 3.02. The van der Waals surface area contributed by atoms with E-state index in [9.17, 15) is 9.90 Å². The van der Waals surface area contributed by atoms with Gasteiger partial charge in [-0.3, -0.25) is 0 Å². The van der Waals surface area contributed by atoms with Crippen LogP contribution in [0.15, 0.2) is 6.33 Å². The van der Waals surface area contributed by atoms with Crippen molar-refractivity contribution in [2.45, 2.75) is 27.7 Å². The van der Waals surface area contributed by atoms with Gasteiger partial charge in [0.1, 0.15) is 16.7 Å². The van der Waals surface area contributed by atoms with E-state index in [0.29, 0.717) is 17.2 Å². The van der Waals surface area contributed by atoms with Crippen molar-refractivity contribution in [1.82, 2.24) is 19.7 Å². The van der Waals surface area contributed by atoms with Gasteiger partial charge in [-0.15, -0.1) is 11.3 Å². The van der Waals surface area contributed by atoms with Crippen LogP contribution in [0.25, 0.3) is 16.0 Å². The Labute approximate surface area is 125 Å². The molecule has 108 valence electrons. The molecule has 3 aromatic rings. The molecule has 0 aliphatic rings. The molecule has 0 radical (unpaired) electrons. The third-order valence-electron chi connectivity index (χ3n) is 3.65. The van der Waals surface area contributed by atoms with Crippen molar-refractivity contribution in [3.05, 3.63) is 33.7 Å². The van der Waals surface area contributed by atoms with Gasteiger partial charge in [0.05, 0.1) is 16.8 Å². The van der Waals surface area contributed by atoms with Gasteiger partial charge < -0.3 is 5.11 Å². The minimum absolute atomic E-state index is 0.228. The van der Waals surface area contributed by atoms with E-state index < -0.39 is 5.97 Å². The molecule has 0 unspecified atom stereocenters. The lowest BCUT2D eigenvalue weighted by atomic mass is 10.2. The summed E-state index contributed by atoms with van der Waals surface area (Å²) in [5.74, 6) is -0.338. The highest BCUT2D eigenvalue weighted by Crippen LogP contribution is 2.32. The normalized spacial score (nSPS) is 11.2. The molecule has 0 aliphatic carbocycles. The zero-order valence-corrected chi connectivity index (χ0v) is 12.9. The number of carbonyl (C=O) groups is 1. The van der Waals surface area contributed by atoms with Crippen molar-refractivity contribution < 1.29 is 9.90 Å². The van der Waals surface area contributed by atoms with Gasteiger partial charge in [-0.25, -0.2) is 19.4 Å². The molecule has 0 spiro atoms. The van der Waals surface area contributed by atoms with Crippen LogP contribution in [-0.4, -0.2) is 30.8 Å². The van der Waals surface area contributed by atoms with Crippen LogP contribution >= 0.6 is 11.3 Å². The molecule has 3 rings (SSSR count). The molecule has 3 heterocycles. The predicted molar refractivity (Wildman–Crippen MR) is 80.4 cm³/mol. The first-order valence-corrected chi connectivity index (χ1v) is 7.24. The molecule has 0 atom stereocenters. The number of nitrogens with zero attached hydrogens (tertiary/aromatic N) is 4. The second-order valence-electron chi connectivity index (χ2n) is 4.92. The number of fused-ring (bicyclic) bond motifs is 1. The average Bonchev–Trinajstić information content (AvgIpc) is 2.87. The van der Waals surface area contributed by atoms with Crippen molar-refractivity contribution in [2.75, 3.05) is 0 Å². The largest absolute Gasteiger partial charge is 0.478 e. The lowest BCUT2D eigenvalue weighted by Gasteiger charge is -2.05. The fourth-order valence-electron chi connectivity index (χ4n) is 2.48. The van der Waals surface area contributed by atoms with Gasteiger partial charge in [0.15, 0.2) is 5.82 Å². The number of hydrogen-bond donors (Lipinski definition) is 1. The van der Waals surface area contributed by atoms with Gasteiger partial charge in [0.2, 0.25) is 0 Å². The first-order valence-electron chi connectivity index (χ1n) is 6.42. The zero-order valence-electron chi connectivity index (χ0n) is 12.1. The minimum atomic E-state index is -0.972. The highest BCUT2D eigenvalue weighted by atomic mass is 32.1. The fraction of sp³-hybridized carbons (Fsp3) is 0.286. The van der Waals surface area contributed by atoms with Crippen LogP contribution in [0.1, 0.15) is 32.2 Å². The van der Waals surface area contributed by atoms with E-state index >= 15 is 0 Å². The van der Waals surface area contributed by atoms with Crippen LogP contribution in [0.5, 0.6) is 0 Å². The summed E-state index contributed by atoms with van der Waals surface area (Å²) in [5.41, 5.74) is 2.39. The second kappa shape index (κ2) is 4.63. The van der Waals surface area contributed by atoms with Crippen molar-refractivity contribution in [3.8, 4) is 5.82 Å². The first kappa shape index (κ1) is 13.7. The monoisotopic (exact) mass is 302 g/mol. The molecule has 0 bridgehead atoms. The Morgan fingerprint density at radius 1 is 1.24 bits per heavy atom. The summed E-state index contributed by atoms with van der Waals surface area (Å²) in [5, 5.41) is 14.6. The van der Waals surface area contributed by atoms with Crippen LogP contribution in [-0.2, 0) is 0 Å². The van der Waals surface area contributed by atoms with Gasteiger partial charge in [0, 0.05) is 4.88 Å². The summed E-state index contributed by atoms with van der Waals surface area (Å²) >= 11 is 1.60. The highest BCUT2D eigenvalue weighted by molar-refractivity contribution is 7.18. The van der Waals surface area contributed by atoms with Crippen LogP contribution in [0.3, 0.4) is 0 Å². The van der Waals surface area contributed by atoms with Crippen LogP contribution in [0, 0.1) is 27.7 Å². The summed E-state index contributed by atoms with van der Waals surface area (Å²) in [7, 11) is 0. The third kappa shape index (κ3) is 1.92. The van der Waals surface area contributed by atoms with Gasteiger partial charge in [-0.05, 0) is 33.3 Å². The maximum atomic E-state index is 11.3. The van der Waals surface area contributed by atoms with Crippen LogP contribution in [0.4, 0.5) is 0 Å². The quantitative estimate of drug-likeness (QED) is 0.787. The summed E-state index contributed by atoms with van der Waals surface area (Å²) in [6, 6.07) is 0. The average molecular weight is 302 g/mol. The SMILES string of the molecule is Cc1nn(-c2ncnc3sc(C)c(C)c23)c(C)c1C(=O)O. The molecule has 0 amide bonds. The summed E-state index contributed by atoms with van der Waals surface area (Å²) in [4.78, 5) is 22.0. The van der Waals surface area contributed by atoms with Gasteiger partial charge in [-0.1, -0.05) is 0 Å². The van der Waals surface area contributed by atoms with E-state index in [-0.39, 0.29) is 5.56 Å². The van der Waals surface area contributed by atoms with Crippen molar-refractivity contribution >= 4 is 27.5 Å². The summed E-state index contributed by atoms with van der Waals surface area (Å²) < 4.78 is 1.60. The highest BCUT2D eigenvalue weighted by Gasteiger charge is 2.21. The Hall–Kier alpha value is -2.28. The van der Waals surface area contributed by atoms with Gasteiger partial charge in [-0.2, -0.15) is 5.10 Å². The lowest BCUT2D eigenvalue weighted by molar-refractivity contribution is 0.0695. The zero-order chi connectivity index (χ0) is 15.3. The Morgan fingerprint density at radius 2 is 1.95 bits per heavy atom. The summed E-state index contributed by atoms with van der Waals surface area (Å²) in [6.45, 7) is 7.49. The van der Waals surface area contributed by atoms with Crippen molar-refractivity contribution in [1.29, 1.82) is 0 Å². The number of carboxylic acid groups (broad SMARTS) is 1. The topological polar surface area (TPSA) is 80.9 Å². The fourth-order valence-corrected chi connectivity index (χ4v) is 3.47. The third-order valence-corrected chi connectivity index (χ3v) is 4.77. The number of hydrogen-bond acceptors (Lipinski definition) is 5. The number of rotatable bonds is 2. The molecule has 3 aromatic heterocycles. The van der Waals surface area contributed by atoms with E-state index in [0.717, 1.165) is 15.8 Å². The molecule has 0 aromatic carbocycles. The second-order valence-corrected chi connectivity index (χ2v) is 6.13. The van der Waals surface area contributed by atoms with E-state index in [4.69, 9.17) is 0 Å². The Bertz CT molecular complexity index is 879. The molecule has 0 saturated carbocycles. The van der Waals surface area contributed by atoms with E-state index in [1.54, 1.807) is 29.9 Å². The Balaban J connectivity index is 2.36. The van der Waals surface area contributed by atoms with Crippen molar-refractivity contribution in [2.24, 2.45) is 0 Å².